The van der Waals surface area contributed by atoms with E-state index in [1.54, 1.807) is 11.3 Å². The van der Waals surface area contributed by atoms with Gasteiger partial charge in [0.1, 0.15) is 10.7 Å². The molecule has 2 aromatic heterocycles. The minimum atomic E-state index is -0.425. The highest BCUT2D eigenvalue weighted by Crippen LogP contribution is 2.34. The second kappa shape index (κ2) is 7.60. The highest BCUT2D eigenvalue weighted by molar-refractivity contribution is 9.10. The summed E-state index contributed by atoms with van der Waals surface area (Å²) in [5.41, 5.74) is 2.20. The van der Waals surface area contributed by atoms with Gasteiger partial charge in [-0.3, -0.25) is 4.79 Å². The molecule has 26 heavy (non-hydrogen) atoms. The van der Waals surface area contributed by atoms with E-state index in [1.165, 1.54) is 11.3 Å². The van der Waals surface area contributed by atoms with Gasteiger partial charge in [-0.05, 0) is 42.0 Å². The first kappa shape index (κ1) is 17.9. The lowest BCUT2D eigenvalue weighted by atomic mass is 9.82. The molecule has 1 aliphatic rings. The zero-order chi connectivity index (χ0) is 18.0. The topological polar surface area (TPSA) is 51.2 Å². The molecule has 0 radical (unpaired) electrons. The number of carbonyl (C=O) groups is 1. The van der Waals surface area contributed by atoms with Crippen molar-refractivity contribution < 1.29 is 9.53 Å². The molecular weight excluding hydrogens is 432 g/mol. The van der Waals surface area contributed by atoms with Crippen LogP contribution in [0.5, 0.6) is 0 Å². The van der Waals surface area contributed by atoms with Gasteiger partial charge in [0.05, 0.1) is 5.54 Å². The van der Waals surface area contributed by atoms with Crippen LogP contribution in [-0.4, -0.2) is 24.1 Å². The number of thiazole rings is 1. The van der Waals surface area contributed by atoms with E-state index in [-0.39, 0.29) is 5.91 Å². The van der Waals surface area contributed by atoms with Gasteiger partial charge in [-0.1, -0.05) is 28.1 Å². The van der Waals surface area contributed by atoms with Gasteiger partial charge in [0.2, 0.25) is 0 Å². The summed E-state index contributed by atoms with van der Waals surface area (Å²) < 4.78 is 6.54. The molecule has 0 atom stereocenters. The maximum Gasteiger partial charge on any atom is 0.271 e. The van der Waals surface area contributed by atoms with Gasteiger partial charge in [-0.25, -0.2) is 4.98 Å². The molecule has 4 nitrogen and oxygen atoms in total. The van der Waals surface area contributed by atoms with Gasteiger partial charge in [0, 0.05) is 34.0 Å². The highest BCUT2D eigenvalue weighted by atomic mass is 79.9. The lowest BCUT2D eigenvalue weighted by Gasteiger charge is -2.38. The molecule has 1 N–H and O–H groups in total. The van der Waals surface area contributed by atoms with E-state index in [0.29, 0.717) is 18.9 Å². The molecular formula is C19H17BrN2O2S2. The lowest BCUT2D eigenvalue weighted by molar-refractivity contribution is 0.0344. The van der Waals surface area contributed by atoms with Crippen LogP contribution in [0.1, 0.15) is 28.9 Å². The third kappa shape index (κ3) is 3.62. The summed E-state index contributed by atoms with van der Waals surface area (Å²) in [6.07, 6.45) is 1.49. The van der Waals surface area contributed by atoms with E-state index in [9.17, 15) is 4.79 Å². The molecule has 1 aromatic carbocycles. The standard InChI is InChI=1S/C19H17BrN2O2S2/c20-15-3-1-2-14(10-15)19(5-7-24-8-6-19)22-17(23)16-12-26-18(21-16)13-4-9-25-11-13/h1-4,9-12H,5-8H2,(H,22,23). The summed E-state index contributed by atoms with van der Waals surface area (Å²) >= 11 is 6.66. The van der Waals surface area contributed by atoms with Gasteiger partial charge >= 0.3 is 0 Å². The van der Waals surface area contributed by atoms with Gasteiger partial charge in [-0.15, -0.1) is 11.3 Å². The third-order valence-corrected chi connectivity index (χ3v) is 6.65. The Balaban J connectivity index is 1.61. The molecule has 0 aliphatic carbocycles. The first-order valence-electron chi connectivity index (χ1n) is 8.31. The Bertz CT molecular complexity index is 902. The van der Waals surface area contributed by atoms with Crippen molar-refractivity contribution in [1.29, 1.82) is 0 Å². The quantitative estimate of drug-likeness (QED) is 0.605. The highest BCUT2D eigenvalue weighted by Gasteiger charge is 2.36. The van der Waals surface area contributed by atoms with Crippen LogP contribution in [0.4, 0.5) is 0 Å². The predicted octanol–water partition coefficient (Wildman–Crippen LogP) is 5.07. The molecule has 134 valence electrons. The summed E-state index contributed by atoms with van der Waals surface area (Å²) in [4.78, 5) is 17.5. The van der Waals surface area contributed by atoms with Crippen LogP contribution in [0.25, 0.3) is 10.6 Å². The van der Waals surface area contributed by atoms with Gasteiger partial charge in [-0.2, -0.15) is 11.3 Å². The first-order valence-corrected chi connectivity index (χ1v) is 10.9. The summed E-state index contributed by atoms with van der Waals surface area (Å²) in [6, 6.07) is 10.1. The predicted molar refractivity (Wildman–Crippen MR) is 109 cm³/mol. The summed E-state index contributed by atoms with van der Waals surface area (Å²) in [5.74, 6) is -0.135. The Hall–Kier alpha value is -1.54. The number of aromatic nitrogens is 1. The van der Waals surface area contributed by atoms with Crippen LogP contribution < -0.4 is 5.32 Å². The van der Waals surface area contributed by atoms with Crippen molar-refractivity contribution in [2.24, 2.45) is 0 Å². The Labute approximate surface area is 168 Å². The average molecular weight is 449 g/mol. The molecule has 0 bridgehead atoms. The second-order valence-corrected chi connectivity index (χ2v) is 8.76. The van der Waals surface area contributed by atoms with Crippen molar-refractivity contribution >= 4 is 44.5 Å². The second-order valence-electron chi connectivity index (χ2n) is 6.21. The van der Waals surface area contributed by atoms with E-state index in [4.69, 9.17) is 4.74 Å². The van der Waals surface area contributed by atoms with Crippen LogP contribution in [0.15, 0.2) is 50.9 Å². The zero-order valence-corrected chi connectivity index (χ0v) is 17.1. The van der Waals surface area contributed by atoms with E-state index >= 15 is 0 Å². The lowest BCUT2D eigenvalue weighted by Crippen LogP contribution is -2.49. The normalized spacial score (nSPS) is 16.3. The number of nitrogens with one attached hydrogen (secondary N) is 1. The number of benzene rings is 1. The van der Waals surface area contributed by atoms with E-state index in [0.717, 1.165) is 33.4 Å². The summed E-state index contributed by atoms with van der Waals surface area (Å²) in [6.45, 7) is 1.26. The number of ether oxygens (including phenoxy) is 1. The van der Waals surface area contributed by atoms with Crippen LogP contribution in [0.2, 0.25) is 0 Å². The molecule has 3 aromatic rings. The van der Waals surface area contributed by atoms with Crippen LogP contribution in [-0.2, 0) is 10.3 Å². The zero-order valence-electron chi connectivity index (χ0n) is 13.9. The van der Waals surface area contributed by atoms with Crippen molar-refractivity contribution in [2.75, 3.05) is 13.2 Å². The summed E-state index contributed by atoms with van der Waals surface area (Å²) in [5, 5.41) is 10.0. The Morgan fingerprint density at radius 2 is 2.08 bits per heavy atom. The SMILES string of the molecule is O=C(NC1(c2cccc(Br)c2)CCOCC1)c1csc(-c2ccsc2)n1. The molecule has 4 rings (SSSR count). The largest absolute Gasteiger partial charge is 0.381 e. The molecule has 3 heterocycles. The molecule has 0 unspecified atom stereocenters. The van der Waals surface area contributed by atoms with Crippen molar-refractivity contribution in [3.8, 4) is 10.6 Å². The molecule has 0 spiro atoms. The number of amides is 1. The number of thiophene rings is 1. The van der Waals surface area contributed by atoms with Gasteiger partial charge < -0.3 is 10.1 Å². The van der Waals surface area contributed by atoms with Gasteiger partial charge in [0.25, 0.3) is 5.91 Å². The minimum Gasteiger partial charge on any atom is -0.381 e. The van der Waals surface area contributed by atoms with Crippen LogP contribution in [0.3, 0.4) is 0 Å². The fraction of sp³-hybridized carbons (Fsp3) is 0.263. The molecule has 1 saturated heterocycles. The Morgan fingerprint density at radius 3 is 2.81 bits per heavy atom. The van der Waals surface area contributed by atoms with Crippen LogP contribution >= 0.6 is 38.6 Å². The fourth-order valence-corrected chi connectivity index (χ4v) is 5.08. The Kier molecular flexibility index (Phi) is 5.22. The van der Waals surface area contributed by atoms with Crippen LogP contribution in [0, 0.1) is 0 Å². The number of hydrogen-bond donors (Lipinski definition) is 1. The third-order valence-electron chi connectivity index (χ3n) is 4.58. The number of halogens is 1. The maximum absolute atomic E-state index is 12.9. The molecule has 7 heteroatoms. The molecule has 0 saturated carbocycles. The summed E-state index contributed by atoms with van der Waals surface area (Å²) in [7, 11) is 0. The number of nitrogens with zero attached hydrogens (tertiary/aromatic N) is 1. The van der Waals surface area contributed by atoms with E-state index in [1.807, 2.05) is 34.3 Å². The Morgan fingerprint density at radius 1 is 1.23 bits per heavy atom. The minimum absolute atomic E-state index is 0.135. The molecule has 1 amide bonds. The average Bonchev–Trinajstić information content (AvgIpc) is 3.34. The molecule has 1 fully saturated rings. The smallest absolute Gasteiger partial charge is 0.271 e. The number of hydrogen-bond acceptors (Lipinski definition) is 5. The maximum atomic E-state index is 12.9. The number of carbonyl (C=O) groups excluding carboxylic acids is 1. The van der Waals surface area contributed by atoms with Crippen molar-refractivity contribution in [2.45, 2.75) is 18.4 Å². The first-order chi connectivity index (χ1) is 12.7. The van der Waals surface area contributed by atoms with Gasteiger partial charge in [0.15, 0.2) is 0 Å². The van der Waals surface area contributed by atoms with Crippen molar-refractivity contribution in [1.82, 2.24) is 10.3 Å². The monoisotopic (exact) mass is 448 g/mol. The van der Waals surface area contributed by atoms with E-state index < -0.39 is 5.54 Å². The van der Waals surface area contributed by atoms with E-state index in [2.05, 4.69) is 38.4 Å². The molecule has 1 aliphatic heterocycles. The van der Waals surface area contributed by atoms with Crippen molar-refractivity contribution in [3.63, 3.8) is 0 Å². The fourth-order valence-electron chi connectivity index (χ4n) is 3.17. The number of rotatable bonds is 4. The van der Waals surface area contributed by atoms with Crippen molar-refractivity contribution in [3.05, 3.63) is 62.2 Å².